The molecule has 0 radical (unpaired) electrons. The van der Waals surface area contributed by atoms with E-state index in [0.29, 0.717) is 5.02 Å². The normalized spacial score (nSPS) is 11.2. The van der Waals surface area contributed by atoms with Crippen LogP contribution in [0.15, 0.2) is 71.6 Å². The van der Waals surface area contributed by atoms with E-state index in [9.17, 15) is 13.2 Å². The van der Waals surface area contributed by atoms with E-state index in [1.807, 2.05) is 6.92 Å². The van der Waals surface area contributed by atoms with Gasteiger partial charge in [0.15, 0.2) is 0 Å². The van der Waals surface area contributed by atoms with Crippen LogP contribution in [0.4, 0.5) is 11.4 Å². The van der Waals surface area contributed by atoms with E-state index in [-0.39, 0.29) is 26.3 Å². The largest absolute Gasteiger partial charge is 0.323 e. The third kappa shape index (κ3) is 5.08. The molecular formula is C21H17Cl3N2O3S. The summed E-state index contributed by atoms with van der Waals surface area (Å²) in [6.07, 6.45) is 0. The molecule has 0 heterocycles. The molecule has 30 heavy (non-hydrogen) atoms. The molecule has 0 aliphatic rings. The van der Waals surface area contributed by atoms with Gasteiger partial charge in [-0.25, -0.2) is 8.42 Å². The molecule has 1 amide bonds. The van der Waals surface area contributed by atoms with Gasteiger partial charge in [0.25, 0.3) is 10.0 Å². The van der Waals surface area contributed by atoms with Crippen molar-refractivity contribution < 1.29 is 13.2 Å². The van der Waals surface area contributed by atoms with Crippen LogP contribution in [0.1, 0.15) is 5.56 Å². The Morgan fingerprint density at radius 1 is 0.933 bits per heavy atom. The first-order valence-corrected chi connectivity index (χ1v) is 11.3. The predicted octanol–water partition coefficient (Wildman–Crippen LogP) is 5.79. The van der Waals surface area contributed by atoms with Crippen molar-refractivity contribution in [1.82, 2.24) is 0 Å². The SMILES string of the molecule is Cc1ccc(S(=O)(=O)N(CC(=O)Nc2cc(Cl)ccc2Cl)c2ccccc2Cl)cc1. The maximum absolute atomic E-state index is 13.3. The van der Waals surface area contributed by atoms with Crippen LogP contribution in [0.5, 0.6) is 0 Å². The van der Waals surface area contributed by atoms with Crippen LogP contribution < -0.4 is 9.62 Å². The molecule has 9 heteroatoms. The fraction of sp³-hybridized carbons (Fsp3) is 0.0952. The lowest BCUT2D eigenvalue weighted by atomic mass is 10.2. The van der Waals surface area contributed by atoms with Gasteiger partial charge in [-0.1, -0.05) is 64.6 Å². The van der Waals surface area contributed by atoms with Crippen LogP contribution in [0.2, 0.25) is 15.1 Å². The van der Waals surface area contributed by atoms with Gasteiger partial charge in [0.05, 0.1) is 26.3 Å². The molecule has 0 bridgehead atoms. The zero-order chi connectivity index (χ0) is 21.9. The van der Waals surface area contributed by atoms with E-state index in [1.165, 1.54) is 30.3 Å². The zero-order valence-electron chi connectivity index (χ0n) is 15.8. The highest BCUT2D eigenvalue weighted by molar-refractivity contribution is 7.92. The quantitative estimate of drug-likeness (QED) is 0.482. The Morgan fingerprint density at radius 2 is 1.60 bits per heavy atom. The molecule has 3 aromatic rings. The second-order valence-corrected chi connectivity index (χ2v) is 9.56. The topological polar surface area (TPSA) is 66.5 Å². The second kappa shape index (κ2) is 9.27. The van der Waals surface area contributed by atoms with E-state index >= 15 is 0 Å². The van der Waals surface area contributed by atoms with Crippen molar-refractivity contribution in [2.45, 2.75) is 11.8 Å². The standard InChI is InChI=1S/C21H17Cl3N2O3S/c1-14-6-9-16(10-7-14)30(28,29)26(20-5-3-2-4-18(20)24)13-21(27)25-19-12-15(22)8-11-17(19)23/h2-12H,13H2,1H3,(H,25,27). The Kier molecular flexibility index (Phi) is 6.93. The number of hydrogen-bond donors (Lipinski definition) is 1. The van der Waals surface area contributed by atoms with Crippen molar-refractivity contribution in [3.05, 3.63) is 87.4 Å². The van der Waals surface area contributed by atoms with E-state index in [0.717, 1.165) is 9.87 Å². The lowest BCUT2D eigenvalue weighted by Crippen LogP contribution is -2.38. The number of sulfonamides is 1. The van der Waals surface area contributed by atoms with Gasteiger partial charge in [0.2, 0.25) is 5.91 Å². The molecule has 0 unspecified atom stereocenters. The second-order valence-electron chi connectivity index (χ2n) is 6.45. The number of benzene rings is 3. The van der Waals surface area contributed by atoms with Crippen molar-refractivity contribution in [1.29, 1.82) is 0 Å². The van der Waals surface area contributed by atoms with Gasteiger partial charge in [-0.2, -0.15) is 0 Å². The molecule has 5 nitrogen and oxygen atoms in total. The number of rotatable bonds is 6. The minimum absolute atomic E-state index is 0.0432. The number of carbonyl (C=O) groups is 1. The van der Waals surface area contributed by atoms with Crippen molar-refractivity contribution in [2.24, 2.45) is 0 Å². The minimum atomic E-state index is -4.07. The lowest BCUT2D eigenvalue weighted by molar-refractivity contribution is -0.114. The van der Waals surface area contributed by atoms with Gasteiger partial charge in [0.1, 0.15) is 6.54 Å². The summed E-state index contributed by atoms with van der Waals surface area (Å²) < 4.78 is 27.7. The number of nitrogens with one attached hydrogen (secondary N) is 1. The van der Waals surface area contributed by atoms with Gasteiger partial charge in [-0.3, -0.25) is 9.10 Å². The van der Waals surface area contributed by atoms with Gasteiger partial charge >= 0.3 is 0 Å². The molecule has 0 aliphatic heterocycles. The Morgan fingerprint density at radius 3 is 2.27 bits per heavy atom. The van der Waals surface area contributed by atoms with Gasteiger partial charge in [-0.15, -0.1) is 0 Å². The number of anilines is 2. The number of halogens is 3. The monoisotopic (exact) mass is 482 g/mol. The third-order valence-electron chi connectivity index (χ3n) is 4.22. The van der Waals surface area contributed by atoms with Gasteiger partial charge in [0, 0.05) is 5.02 Å². The van der Waals surface area contributed by atoms with E-state index in [2.05, 4.69) is 5.32 Å². The molecule has 0 spiro atoms. The summed E-state index contributed by atoms with van der Waals surface area (Å²) in [5.41, 5.74) is 1.37. The van der Waals surface area contributed by atoms with E-state index in [1.54, 1.807) is 36.4 Å². The molecule has 3 rings (SSSR count). The summed E-state index contributed by atoms with van der Waals surface area (Å²) in [6, 6.07) is 17.3. The lowest BCUT2D eigenvalue weighted by Gasteiger charge is -2.25. The van der Waals surface area contributed by atoms with Crippen LogP contribution in [0.3, 0.4) is 0 Å². The summed E-state index contributed by atoms with van der Waals surface area (Å²) in [5.74, 6) is -0.602. The molecule has 3 aromatic carbocycles. The molecule has 0 saturated carbocycles. The van der Waals surface area contributed by atoms with Crippen LogP contribution >= 0.6 is 34.8 Å². The first-order chi connectivity index (χ1) is 14.2. The van der Waals surface area contributed by atoms with Crippen molar-refractivity contribution >= 4 is 62.1 Å². The fourth-order valence-electron chi connectivity index (χ4n) is 2.70. The average molecular weight is 484 g/mol. The Hall–Kier alpha value is -2.25. The number of aryl methyl sites for hydroxylation is 1. The Bertz CT molecular complexity index is 1180. The van der Waals surface area contributed by atoms with Crippen molar-refractivity contribution in [3.8, 4) is 0 Å². The highest BCUT2D eigenvalue weighted by Gasteiger charge is 2.28. The maximum Gasteiger partial charge on any atom is 0.264 e. The summed E-state index contributed by atoms with van der Waals surface area (Å²) in [5, 5.41) is 3.45. The first-order valence-electron chi connectivity index (χ1n) is 8.77. The Balaban J connectivity index is 1.98. The van der Waals surface area contributed by atoms with Crippen LogP contribution in [-0.4, -0.2) is 20.9 Å². The number of carbonyl (C=O) groups excluding carboxylic acids is 1. The predicted molar refractivity (Wildman–Crippen MR) is 122 cm³/mol. The number of amides is 1. The minimum Gasteiger partial charge on any atom is -0.323 e. The molecule has 1 N–H and O–H groups in total. The molecule has 0 atom stereocenters. The smallest absolute Gasteiger partial charge is 0.264 e. The van der Waals surface area contributed by atoms with Gasteiger partial charge < -0.3 is 5.32 Å². The molecular weight excluding hydrogens is 467 g/mol. The fourth-order valence-corrected chi connectivity index (χ4v) is 4.77. The number of hydrogen-bond acceptors (Lipinski definition) is 3. The van der Waals surface area contributed by atoms with Crippen LogP contribution in [0.25, 0.3) is 0 Å². The summed E-state index contributed by atoms with van der Waals surface area (Å²) >= 11 is 18.3. The molecule has 0 saturated heterocycles. The molecule has 0 aliphatic carbocycles. The number of para-hydroxylation sites is 1. The van der Waals surface area contributed by atoms with E-state index < -0.39 is 22.5 Å². The average Bonchev–Trinajstić information content (AvgIpc) is 2.70. The first kappa shape index (κ1) is 22.4. The Labute approximate surface area is 190 Å². The zero-order valence-corrected chi connectivity index (χ0v) is 18.9. The number of nitrogens with zero attached hydrogens (tertiary/aromatic N) is 1. The van der Waals surface area contributed by atoms with Crippen molar-refractivity contribution in [2.75, 3.05) is 16.2 Å². The summed E-state index contributed by atoms with van der Waals surface area (Å²) in [6.45, 7) is 1.34. The summed E-state index contributed by atoms with van der Waals surface area (Å²) in [4.78, 5) is 12.8. The summed E-state index contributed by atoms with van der Waals surface area (Å²) in [7, 11) is -4.07. The maximum atomic E-state index is 13.3. The highest BCUT2D eigenvalue weighted by Crippen LogP contribution is 2.31. The van der Waals surface area contributed by atoms with E-state index in [4.69, 9.17) is 34.8 Å². The highest BCUT2D eigenvalue weighted by atomic mass is 35.5. The van der Waals surface area contributed by atoms with Crippen molar-refractivity contribution in [3.63, 3.8) is 0 Å². The third-order valence-corrected chi connectivity index (χ3v) is 6.88. The molecule has 156 valence electrons. The van der Waals surface area contributed by atoms with Crippen LogP contribution in [-0.2, 0) is 14.8 Å². The molecule has 0 fully saturated rings. The molecule has 0 aromatic heterocycles. The van der Waals surface area contributed by atoms with Gasteiger partial charge in [-0.05, 0) is 49.4 Å². The van der Waals surface area contributed by atoms with Crippen LogP contribution in [0, 0.1) is 6.92 Å².